The molecule has 6 nitrogen and oxygen atoms in total. The minimum atomic E-state index is -0.872. The highest BCUT2D eigenvalue weighted by Crippen LogP contribution is 2.40. The number of aryl methyl sites for hydroxylation is 1. The fourth-order valence-corrected chi connectivity index (χ4v) is 3.06. The molecule has 2 heterocycles. The van der Waals surface area contributed by atoms with Gasteiger partial charge in [0.2, 0.25) is 0 Å². The van der Waals surface area contributed by atoms with Crippen LogP contribution in [0.2, 0.25) is 0 Å². The summed E-state index contributed by atoms with van der Waals surface area (Å²) in [6, 6.07) is 7.54. The predicted molar refractivity (Wildman–Crippen MR) is 77.9 cm³/mol. The standard InChI is InChI=1S/C16H19N3O3/c1-12-3-2-4-13(18-12)14(20)19-15(11-17)5-7-16(8-6-15)21-9-10-22-16/h2-4H,5-10H2,1H3,(H,19,20). The van der Waals surface area contributed by atoms with E-state index in [0.717, 1.165) is 5.69 Å². The van der Waals surface area contributed by atoms with Crippen molar-refractivity contribution in [2.24, 2.45) is 0 Å². The Morgan fingerprint density at radius 3 is 2.55 bits per heavy atom. The molecule has 0 unspecified atom stereocenters. The lowest BCUT2D eigenvalue weighted by atomic mass is 9.79. The van der Waals surface area contributed by atoms with E-state index in [-0.39, 0.29) is 5.91 Å². The molecular formula is C16H19N3O3. The molecular weight excluding hydrogens is 282 g/mol. The number of aromatic nitrogens is 1. The van der Waals surface area contributed by atoms with Crippen LogP contribution in [0.1, 0.15) is 41.9 Å². The van der Waals surface area contributed by atoms with Gasteiger partial charge in [0, 0.05) is 18.5 Å². The summed E-state index contributed by atoms with van der Waals surface area (Å²) in [7, 11) is 0. The van der Waals surface area contributed by atoms with Crippen molar-refractivity contribution in [3.05, 3.63) is 29.6 Å². The van der Waals surface area contributed by atoms with E-state index in [9.17, 15) is 10.1 Å². The Morgan fingerprint density at radius 1 is 1.27 bits per heavy atom. The Bertz CT molecular complexity index is 607. The lowest BCUT2D eigenvalue weighted by Crippen LogP contribution is -2.53. The van der Waals surface area contributed by atoms with Crippen LogP contribution in [0.25, 0.3) is 0 Å². The third-order valence-corrected chi connectivity index (χ3v) is 4.37. The maximum absolute atomic E-state index is 12.4. The van der Waals surface area contributed by atoms with Gasteiger partial charge in [0.25, 0.3) is 5.91 Å². The average Bonchev–Trinajstić information content (AvgIpc) is 2.99. The second-order valence-electron chi connectivity index (χ2n) is 5.92. The minimum absolute atomic E-state index is 0.311. The summed E-state index contributed by atoms with van der Waals surface area (Å²) in [6.07, 6.45) is 2.26. The fraction of sp³-hybridized carbons (Fsp3) is 0.562. The third-order valence-electron chi connectivity index (χ3n) is 4.37. The summed E-state index contributed by atoms with van der Waals surface area (Å²) < 4.78 is 11.3. The van der Waals surface area contributed by atoms with Crippen LogP contribution in [-0.4, -0.2) is 35.4 Å². The molecule has 1 aliphatic carbocycles. The average molecular weight is 301 g/mol. The molecule has 1 aromatic heterocycles. The van der Waals surface area contributed by atoms with Crippen LogP contribution in [0.4, 0.5) is 0 Å². The van der Waals surface area contributed by atoms with Crippen molar-refractivity contribution in [1.82, 2.24) is 10.3 Å². The molecule has 3 rings (SSSR count). The van der Waals surface area contributed by atoms with E-state index in [1.54, 1.807) is 12.1 Å². The van der Waals surface area contributed by atoms with Crippen LogP contribution in [0.15, 0.2) is 18.2 Å². The zero-order valence-electron chi connectivity index (χ0n) is 12.6. The molecule has 2 fully saturated rings. The molecule has 1 saturated heterocycles. The Hall–Kier alpha value is -1.97. The van der Waals surface area contributed by atoms with Crippen molar-refractivity contribution < 1.29 is 14.3 Å². The van der Waals surface area contributed by atoms with E-state index >= 15 is 0 Å². The first kappa shape index (κ1) is 14.9. The number of nitrogens with zero attached hydrogens (tertiary/aromatic N) is 2. The summed E-state index contributed by atoms with van der Waals surface area (Å²) >= 11 is 0. The van der Waals surface area contributed by atoms with Gasteiger partial charge in [-0.2, -0.15) is 5.26 Å². The van der Waals surface area contributed by atoms with E-state index < -0.39 is 11.3 Å². The Kier molecular flexibility index (Phi) is 3.85. The van der Waals surface area contributed by atoms with Gasteiger partial charge in [-0.3, -0.25) is 4.79 Å². The van der Waals surface area contributed by atoms with Gasteiger partial charge in [-0.15, -0.1) is 0 Å². The van der Waals surface area contributed by atoms with E-state index in [1.807, 2.05) is 13.0 Å². The summed E-state index contributed by atoms with van der Waals surface area (Å²) in [4.78, 5) is 16.6. The smallest absolute Gasteiger partial charge is 0.271 e. The van der Waals surface area contributed by atoms with Crippen LogP contribution in [-0.2, 0) is 9.47 Å². The van der Waals surface area contributed by atoms with Crippen LogP contribution in [0.5, 0.6) is 0 Å². The quantitative estimate of drug-likeness (QED) is 0.898. The maximum Gasteiger partial charge on any atom is 0.271 e. The van der Waals surface area contributed by atoms with Gasteiger partial charge in [-0.1, -0.05) is 6.07 Å². The molecule has 0 radical (unpaired) electrons. The lowest BCUT2D eigenvalue weighted by Gasteiger charge is -2.39. The highest BCUT2D eigenvalue weighted by Gasteiger charge is 2.47. The normalized spacial score (nSPS) is 22.2. The molecule has 116 valence electrons. The first-order valence-electron chi connectivity index (χ1n) is 7.52. The Balaban J connectivity index is 1.70. The molecule has 0 aromatic carbocycles. The molecule has 1 aliphatic heterocycles. The zero-order valence-corrected chi connectivity index (χ0v) is 12.6. The fourth-order valence-electron chi connectivity index (χ4n) is 3.06. The van der Waals surface area contributed by atoms with Gasteiger partial charge < -0.3 is 14.8 Å². The minimum Gasteiger partial charge on any atom is -0.348 e. The van der Waals surface area contributed by atoms with Gasteiger partial charge in [0.1, 0.15) is 11.2 Å². The summed E-state index contributed by atoms with van der Waals surface area (Å²) in [5.41, 5.74) is 0.237. The molecule has 6 heteroatoms. The second kappa shape index (κ2) is 5.67. The van der Waals surface area contributed by atoms with E-state index in [1.165, 1.54) is 0 Å². The molecule has 1 spiro atoms. The third kappa shape index (κ3) is 2.82. The first-order chi connectivity index (χ1) is 10.6. The van der Waals surface area contributed by atoms with Crippen molar-refractivity contribution in [3.63, 3.8) is 0 Å². The van der Waals surface area contributed by atoms with Crippen molar-refractivity contribution in [2.75, 3.05) is 13.2 Å². The number of pyridine rings is 1. The highest BCUT2D eigenvalue weighted by molar-refractivity contribution is 5.93. The number of nitriles is 1. The number of carbonyl (C=O) groups is 1. The Morgan fingerprint density at radius 2 is 1.95 bits per heavy atom. The van der Waals surface area contributed by atoms with Crippen LogP contribution in [0.3, 0.4) is 0 Å². The zero-order chi connectivity index (χ0) is 15.6. The molecule has 1 saturated carbocycles. The van der Waals surface area contributed by atoms with E-state index in [2.05, 4.69) is 16.4 Å². The van der Waals surface area contributed by atoms with E-state index in [0.29, 0.717) is 44.6 Å². The molecule has 22 heavy (non-hydrogen) atoms. The van der Waals surface area contributed by atoms with Gasteiger partial charge >= 0.3 is 0 Å². The number of carbonyl (C=O) groups excluding carboxylic acids is 1. The second-order valence-corrected chi connectivity index (χ2v) is 5.92. The van der Waals surface area contributed by atoms with Crippen molar-refractivity contribution in [1.29, 1.82) is 5.26 Å². The number of nitrogens with one attached hydrogen (secondary N) is 1. The van der Waals surface area contributed by atoms with Crippen LogP contribution >= 0.6 is 0 Å². The SMILES string of the molecule is Cc1cccc(C(=O)NC2(C#N)CCC3(CC2)OCCO3)n1. The maximum atomic E-state index is 12.4. The molecule has 1 aromatic rings. The van der Waals surface area contributed by atoms with Gasteiger partial charge in [0.05, 0.1) is 19.3 Å². The molecule has 0 bridgehead atoms. The van der Waals surface area contributed by atoms with Gasteiger partial charge in [-0.25, -0.2) is 4.98 Å². The summed E-state index contributed by atoms with van der Waals surface area (Å²) in [5.74, 6) is -0.860. The van der Waals surface area contributed by atoms with Gasteiger partial charge in [0.15, 0.2) is 5.79 Å². The largest absolute Gasteiger partial charge is 0.348 e. The topological polar surface area (TPSA) is 84.2 Å². The monoisotopic (exact) mass is 301 g/mol. The van der Waals surface area contributed by atoms with Crippen LogP contribution in [0, 0.1) is 18.3 Å². The van der Waals surface area contributed by atoms with Crippen LogP contribution < -0.4 is 5.32 Å². The number of rotatable bonds is 2. The number of hydrogen-bond donors (Lipinski definition) is 1. The first-order valence-corrected chi connectivity index (χ1v) is 7.52. The summed E-state index contributed by atoms with van der Waals surface area (Å²) in [6.45, 7) is 3.02. The number of amides is 1. The molecule has 1 N–H and O–H groups in total. The molecule has 0 atom stereocenters. The van der Waals surface area contributed by atoms with Crippen molar-refractivity contribution in [2.45, 2.75) is 43.9 Å². The number of hydrogen-bond acceptors (Lipinski definition) is 5. The number of ether oxygens (including phenoxy) is 2. The van der Waals surface area contributed by atoms with Crippen molar-refractivity contribution >= 4 is 5.91 Å². The summed E-state index contributed by atoms with van der Waals surface area (Å²) in [5, 5.41) is 12.4. The Labute approximate surface area is 129 Å². The lowest BCUT2D eigenvalue weighted by molar-refractivity contribution is -0.182. The molecule has 2 aliphatic rings. The highest BCUT2D eigenvalue weighted by atomic mass is 16.7. The van der Waals surface area contributed by atoms with Gasteiger partial charge in [-0.05, 0) is 31.9 Å². The predicted octanol–water partition coefficient (Wildman–Crippen LogP) is 1.70. The van der Waals surface area contributed by atoms with Crippen molar-refractivity contribution in [3.8, 4) is 6.07 Å². The molecule has 1 amide bonds. The van der Waals surface area contributed by atoms with E-state index in [4.69, 9.17) is 9.47 Å².